The van der Waals surface area contributed by atoms with E-state index in [0.717, 1.165) is 17.8 Å². The number of carbonyl (C=O) groups is 1. The molecule has 1 saturated heterocycles. The molecule has 1 aromatic heterocycles. The maximum Gasteiger partial charge on any atom is 0.160 e. The molecular formula is C10H13NO3S2. The van der Waals surface area contributed by atoms with E-state index >= 15 is 0 Å². The molecule has 4 nitrogen and oxygen atoms in total. The summed E-state index contributed by atoms with van der Waals surface area (Å²) in [7, 11) is -2.87. The fourth-order valence-electron chi connectivity index (χ4n) is 1.73. The van der Waals surface area contributed by atoms with Gasteiger partial charge in [-0.25, -0.2) is 8.42 Å². The molecule has 1 aliphatic heterocycles. The summed E-state index contributed by atoms with van der Waals surface area (Å²) >= 11 is 1.41. The SMILES string of the molecule is O=Cc1ccc(N2CCCS(=O)(=O)CC2)s1. The van der Waals surface area contributed by atoms with Gasteiger partial charge in [-0.15, -0.1) is 11.3 Å². The minimum Gasteiger partial charge on any atom is -0.362 e. The first-order valence-electron chi connectivity index (χ1n) is 5.11. The third kappa shape index (κ3) is 2.62. The summed E-state index contributed by atoms with van der Waals surface area (Å²) in [6, 6.07) is 3.65. The first-order chi connectivity index (χ1) is 7.61. The van der Waals surface area contributed by atoms with Gasteiger partial charge in [-0.05, 0) is 18.6 Å². The maximum absolute atomic E-state index is 11.4. The van der Waals surface area contributed by atoms with Gasteiger partial charge in [0.05, 0.1) is 21.4 Å². The molecule has 0 aromatic carbocycles. The molecular weight excluding hydrogens is 246 g/mol. The highest BCUT2D eigenvalue weighted by atomic mass is 32.2. The third-order valence-corrected chi connectivity index (χ3v) is 5.38. The van der Waals surface area contributed by atoms with E-state index in [4.69, 9.17) is 0 Å². The van der Waals surface area contributed by atoms with Crippen LogP contribution in [0.25, 0.3) is 0 Å². The molecule has 0 saturated carbocycles. The van der Waals surface area contributed by atoms with Gasteiger partial charge in [0, 0.05) is 13.1 Å². The Morgan fingerprint density at radius 3 is 2.75 bits per heavy atom. The highest BCUT2D eigenvalue weighted by Crippen LogP contribution is 2.26. The molecule has 2 heterocycles. The van der Waals surface area contributed by atoms with Crippen molar-refractivity contribution in [3.05, 3.63) is 17.0 Å². The second-order valence-corrected chi connectivity index (χ2v) is 7.18. The quantitative estimate of drug-likeness (QED) is 0.749. The van der Waals surface area contributed by atoms with Crippen molar-refractivity contribution in [2.24, 2.45) is 0 Å². The van der Waals surface area contributed by atoms with Crippen molar-refractivity contribution in [1.29, 1.82) is 0 Å². The molecule has 0 radical (unpaired) electrons. The van der Waals surface area contributed by atoms with Crippen LogP contribution in [0.2, 0.25) is 0 Å². The van der Waals surface area contributed by atoms with Gasteiger partial charge in [-0.3, -0.25) is 4.79 Å². The lowest BCUT2D eigenvalue weighted by molar-refractivity contribution is 0.112. The Balaban J connectivity index is 2.13. The minimum atomic E-state index is -2.87. The zero-order chi connectivity index (χ0) is 11.6. The van der Waals surface area contributed by atoms with E-state index in [9.17, 15) is 13.2 Å². The number of hydrogen-bond donors (Lipinski definition) is 0. The lowest BCUT2D eigenvalue weighted by atomic mass is 10.4. The van der Waals surface area contributed by atoms with Crippen LogP contribution < -0.4 is 4.90 Å². The summed E-state index contributed by atoms with van der Waals surface area (Å²) in [5, 5.41) is 0.985. The van der Waals surface area contributed by atoms with Crippen LogP contribution in [0.1, 0.15) is 16.1 Å². The summed E-state index contributed by atoms with van der Waals surface area (Å²) in [6.07, 6.45) is 1.49. The molecule has 6 heteroatoms. The topological polar surface area (TPSA) is 54.5 Å². The van der Waals surface area contributed by atoms with Gasteiger partial charge in [0.2, 0.25) is 0 Å². The van der Waals surface area contributed by atoms with E-state index in [2.05, 4.69) is 0 Å². The smallest absolute Gasteiger partial charge is 0.160 e. The lowest BCUT2D eigenvalue weighted by Crippen LogP contribution is -2.25. The predicted molar refractivity (Wildman–Crippen MR) is 65.2 cm³/mol. The third-order valence-electron chi connectivity index (χ3n) is 2.60. The summed E-state index contributed by atoms with van der Waals surface area (Å²) in [5.74, 6) is 0.483. The Kier molecular flexibility index (Phi) is 3.30. The minimum absolute atomic E-state index is 0.210. The molecule has 1 aliphatic rings. The lowest BCUT2D eigenvalue weighted by Gasteiger charge is -2.19. The van der Waals surface area contributed by atoms with Gasteiger partial charge < -0.3 is 4.90 Å². The Morgan fingerprint density at radius 1 is 1.25 bits per heavy atom. The average Bonchev–Trinajstić information content (AvgIpc) is 2.64. The molecule has 0 N–H and O–H groups in total. The number of nitrogens with zero attached hydrogens (tertiary/aromatic N) is 1. The molecule has 16 heavy (non-hydrogen) atoms. The van der Waals surface area contributed by atoms with Crippen LogP contribution in [0.5, 0.6) is 0 Å². The number of thiophene rings is 1. The first kappa shape index (κ1) is 11.6. The Morgan fingerprint density at radius 2 is 2.06 bits per heavy atom. The van der Waals surface area contributed by atoms with Crippen molar-refractivity contribution in [3.63, 3.8) is 0 Å². The molecule has 0 spiro atoms. The number of hydrogen-bond acceptors (Lipinski definition) is 5. The van der Waals surface area contributed by atoms with E-state index in [1.807, 2.05) is 11.0 Å². The summed E-state index contributed by atoms with van der Waals surface area (Å²) in [5.41, 5.74) is 0. The molecule has 0 amide bonds. The van der Waals surface area contributed by atoms with E-state index in [0.29, 0.717) is 17.8 Å². The number of sulfone groups is 1. The van der Waals surface area contributed by atoms with Gasteiger partial charge in [0.1, 0.15) is 0 Å². The van der Waals surface area contributed by atoms with Gasteiger partial charge >= 0.3 is 0 Å². The Labute approximate surface area is 98.8 Å². The second-order valence-electron chi connectivity index (χ2n) is 3.79. The highest BCUT2D eigenvalue weighted by Gasteiger charge is 2.20. The van der Waals surface area contributed by atoms with Crippen molar-refractivity contribution in [2.45, 2.75) is 6.42 Å². The van der Waals surface area contributed by atoms with Crippen molar-refractivity contribution < 1.29 is 13.2 Å². The van der Waals surface area contributed by atoms with E-state index in [1.165, 1.54) is 11.3 Å². The number of rotatable bonds is 2. The first-order valence-corrected chi connectivity index (χ1v) is 7.75. The normalized spacial score (nSPS) is 20.4. The summed E-state index contributed by atoms with van der Waals surface area (Å²) < 4.78 is 22.9. The summed E-state index contributed by atoms with van der Waals surface area (Å²) in [4.78, 5) is 13.3. The number of anilines is 1. The van der Waals surface area contributed by atoms with Gasteiger partial charge in [-0.1, -0.05) is 0 Å². The molecule has 1 aromatic rings. The molecule has 0 unspecified atom stereocenters. The van der Waals surface area contributed by atoms with Gasteiger partial charge in [0.25, 0.3) is 0 Å². The largest absolute Gasteiger partial charge is 0.362 e. The molecule has 2 rings (SSSR count). The second kappa shape index (κ2) is 4.55. The van der Waals surface area contributed by atoms with Crippen LogP contribution in [-0.4, -0.2) is 39.3 Å². The predicted octanol–water partition coefficient (Wildman–Crippen LogP) is 1.19. The van der Waals surface area contributed by atoms with E-state index in [-0.39, 0.29) is 11.5 Å². The van der Waals surface area contributed by atoms with Crippen LogP contribution >= 0.6 is 11.3 Å². The number of carbonyl (C=O) groups excluding carboxylic acids is 1. The van der Waals surface area contributed by atoms with Gasteiger partial charge in [0.15, 0.2) is 16.1 Å². The van der Waals surface area contributed by atoms with Gasteiger partial charge in [-0.2, -0.15) is 0 Å². The molecule has 0 atom stereocenters. The van der Waals surface area contributed by atoms with Crippen LogP contribution in [0, 0.1) is 0 Å². The zero-order valence-corrected chi connectivity index (χ0v) is 10.4. The van der Waals surface area contributed by atoms with Crippen LogP contribution in [0.4, 0.5) is 5.00 Å². The van der Waals surface area contributed by atoms with E-state index < -0.39 is 9.84 Å². The summed E-state index contributed by atoms with van der Waals surface area (Å²) in [6.45, 7) is 1.28. The monoisotopic (exact) mass is 259 g/mol. The van der Waals surface area contributed by atoms with Crippen LogP contribution in [0.3, 0.4) is 0 Å². The standard InChI is InChI=1S/C10H13NO3S2/c12-8-9-2-3-10(15-9)11-4-1-6-16(13,14)7-5-11/h2-3,8H,1,4-7H2. The van der Waals surface area contributed by atoms with Crippen LogP contribution in [-0.2, 0) is 9.84 Å². The zero-order valence-electron chi connectivity index (χ0n) is 8.76. The highest BCUT2D eigenvalue weighted by molar-refractivity contribution is 7.91. The fourth-order valence-corrected chi connectivity index (χ4v) is 3.88. The van der Waals surface area contributed by atoms with Crippen molar-refractivity contribution in [1.82, 2.24) is 0 Å². The molecule has 88 valence electrons. The Bertz CT molecular complexity index is 478. The average molecular weight is 259 g/mol. The van der Waals surface area contributed by atoms with Crippen molar-refractivity contribution in [2.75, 3.05) is 29.5 Å². The van der Waals surface area contributed by atoms with Crippen molar-refractivity contribution in [3.8, 4) is 0 Å². The molecule has 1 fully saturated rings. The maximum atomic E-state index is 11.4. The fraction of sp³-hybridized carbons (Fsp3) is 0.500. The molecule has 0 aliphatic carbocycles. The van der Waals surface area contributed by atoms with Crippen molar-refractivity contribution >= 4 is 32.5 Å². The Hall–Kier alpha value is -0.880. The molecule has 0 bridgehead atoms. The van der Waals surface area contributed by atoms with Crippen LogP contribution in [0.15, 0.2) is 12.1 Å². The van der Waals surface area contributed by atoms with E-state index in [1.54, 1.807) is 6.07 Å². The number of aldehydes is 1.